The van der Waals surface area contributed by atoms with E-state index in [1.807, 2.05) is 23.6 Å². The average molecular weight is 460 g/mol. The molecule has 0 aliphatic heterocycles. The molecule has 0 bridgehead atoms. The molecule has 0 fully saturated rings. The molecule has 0 radical (unpaired) electrons. The summed E-state index contributed by atoms with van der Waals surface area (Å²) in [6.45, 7) is 0.792. The van der Waals surface area contributed by atoms with Crippen molar-refractivity contribution in [1.29, 1.82) is 5.26 Å². The number of ether oxygens (including phenoxy) is 1. The fourth-order valence-electron chi connectivity index (χ4n) is 2.72. The second kappa shape index (κ2) is 10.4. The van der Waals surface area contributed by atoms with Crippen molar-refractivity contribution in [2.75, 3.05) is 19.0 Å². The summed E-state index contributed by atoms with van der Waals surface area (Å²) < 4.78 is 7.32. The number of methoxy groups -OCH3 is 1. The van der Waals surface area contributed by atoms with Crippen LogP contribution in [0, 0.1) is 11.3 Å². The summed E-state index contributed by atoms with van der Waals surface area (Å²) in [7, 11) is 1.58. The van der Waals surface area contributed by atoms with Gasteiger partial charge in [0.05, 0.1) is 15.2 Å². The summed E-state index contributed by atoms with van der Waals surface area (Å²) >= 11 is 8.74. The number of hydrogen-bond donors (Lipinski definition) is 1. The minimum absolute atomic E-state index is 0.139. The summed E-state index contributed by atoms with van der Waals surface area (Å²) in [6.07, 6.45) is 2.35. The molecule has 0 saturated heterocycles. The van der Waals surface area contributed by atoms with Gasteiger partial charge >= 0.3 is 0 Å². The van der Waals surface area contributed by atoms with Crippen LogP contribution in [-0.2, 0) is 16.1 Å². The first kappa shape index (κ1) is 22.0. The Kier molecular flexibility index (Phi) is 7.60. The predicted molar refractivity (Wildman–Crippen MR) is 121 cm³/mol. The molecule has 2 aromatic heterocycles. The molecular weight excluding hydrogens is 442 g/mol. The van der Waals surface area contributed by atoms with Crippen LogP contribution in [0.2, 0.25) is 5.02 Å². The molecule has 1 N–H and O–H groups in total. The average Bonchev–Trinajstić information content (AvgIpc) is 3.34. The summed E-state index contributed by atoms with van der Waals surface area (Å²) in [6, 6.07) is 12.5. The van der Waals surface area contributed by atoms with Crippen molar-refractivity contribution in [3.8, 4) is 6.07 Å². The molecule has 2 heterocycles. The van der Waals surface area contributed by atoms with Gasteiger partial charge in [-0.3, -0.25) is 14.2 Å². The number of amides is 1. The Balaban J connectivity index is 2.13. The molecule has 3 rings (SSSR count). The maximum atomic E-state index is 13.0. The molecule has 30 heavy (non-hydrogen) atoms. The van der Waals surface area contributed by atoms with Crippen molar-refractivity contribution in [2.45, 2.75) is 13.0 Å². The topological polar surface area (TPSA) is 84.1 Å². The van der Waals surface area contributed by atoms with E-state index >= 15 is 0 Å². The van der Waals surface area contributed by atoms with Gasteiger partial charge in [0, 0.05) is 25.1 Å². The van der Waals surface area contributed by atoms with Crippen molar-refractivity contribution in [3.63, 3.8) is 0 Å². The minimum atomic E-state index is -0.616. The van der Waals surface area contributed by atoms with Crippen LogP contribution in [0.3, 0.4) is 0 Å². The van der Waals surface area contributed by atoms with Gasteiger partial charge < -0.3 is 10.1 Å². The number of carbonyl (C=O) groups is 1. The summed E-state index contributed by atoms with van der Waals surface area (Å²) in [5.41, 5.74) is 0.0187. The van der Waals surface area contributed by atoms with E-state index in [1.165, 1.54) is 15.9 Å². The Labute approximate surface area is 185 Å². The van der Waals surface area contributed by atoms with Gasteiger partial charge in [-0.1, -0.05) is 29.8 Å². The van der Waals surface area contributed by atoms with Crippen LogP contribution in [0.1, 0.15) is 11.3 Å². The molecule has 154 valence electrons. The fourth-order valence-corrected chi connectivity index (χ4v) is 4.75. The molecule has 0 saturated carbocycles. The maximum absolute atomic E-state index is 13.0. The van der Waals surface area contributed by atoms with E-state index in [-0.39, 0.29) is 11.1 Å². The highest BCUT2D eigenvalue weighted by atomic mass is 35.5. The summed E-state index contributed by atoms with van der Waals surface area (Å²) in [5.74, 6) is -0.616. The van der Waals surface area contributed by atoms with Crippen LogP contribution >= 0.6 is 34.3 Å². The number of thiazole rings is 1. The number of carbonyl (C=O) groups excluding carboxylic acids is 1. The standard InChI is InChI=1S/C21H18ClN3O3S2/c1-28-10-5-9-25-20(27)18(12-14-6-4-11-29-14)30-21(25)15(13-23)19(26)24-17-8-3-2-7-16(17)22/h2-4,6-8,11-12H,5,9-10H2,1H3,(H,24,26). The summed E-state index contributed by atoms with van der Waals surface area (Å²) in [5, 5.41) is 14.7. The van der Waals surface area contributed by atoms with E-state index < -0.39 is 5.91 Å². The fraction of sp³-hybridized carbons (Fsp3) is 0.190. The third-order valence-electron chi connectivity index (χ3n) is 4.13. The zero-order valence-corrected chi connectivity index (χ0v) is 18.4. The number of halogens is 1. The van der Waals surface area contributed by atoms with Crippen LogP contribution in [0.15, 0.2) is 46.6 Å². The maximum Gasteiger partial charge on any atom is 0.269 e. The number of thiophene rings is 1. The van der Waals surface area contributed by atoms with E-state index in [0.29, 0.717) is 39.5 Å². The molecular formula is C21H18ClN3O3S2. The smallest absolute Gasteiger partial charge is 0.269 e. The van der Waals surface area contributed by atoms with Crippen molar-refractivity contribution in [2.24, 2.45) is 0 Å². The second-order valence-electron chi connectivity index (χ2n) is 6.16. The van der Waals surface area contributed by atoms with Crippen LogP contribution in [0.5, 0.6) is 0 Å². The summed E-state index contributed by atoms with van der Waals surface area (Å²) in [4.78, 5) is 26.8. The Bertz CT molecular complexity index is 1250. The van der Waals surface area contributed by atoms with Gasteiger partial charge in [-0.25, -0.2) is 0 Å². The Morgan fingerprint density at radius 3 is 2.80 bits per heavy atom. The highest BCUT2D eigenvalue weighted by Crippen LogP contribution is 2.21. The van der Waals surface area contributed by atoms with E-state index in [4.69, 9.17) is 16.3 Å². The number of nitrogens with zero attached hydrogens (tertiary/aromatic N) is 2. The highest BCUT2D eigenvalue weighted by Gasteiger charge is 2.17. The second-order valence-corrected chi connectivity index (χ2v) is 8.57. The van der Waals surface area contributed by atoms with E-state index in [1.54, 1.807) is 37.5 Å². The Morgan fingerprint density at radius 1 is 1.33 bits per heavy atom. The van der Waals surface area contributed by atoms with E-state index in [9.17, 15) is 14.9 Å². The van der Waals surface area contributed by atoms with Gasteiger partial charge in [-0.2, -0.15) is 5.26 Å². The zero-order valence-electron chi connectivity index (χ0n) is 16.1. The molecule has 3 aromatic rings. The number of rotatable bonds is 7. The Morgan fingerprint density at radius 2 is 2.13 bits per heavy atom. The first-order valence-electron chi connectivity index (χ1n) is 8.99. The van der Waals surface area contributed by atoms with E-state index in [0.717, 1.165) is 16.2 Å². The number of anilines is 1. The van der Waals surface area contributed by atoms with Gasteiger partial charge in [-0.05, 0) is 36.1 Å². The molecule has 0 spiro atoms. The van der Waals surface area contributed by atoms with Crippen molar-refractivity contribution >= 4 is 57.5 Å². The normalized spacial score (nSPS) is 12.5. The molecule has 0 aliphatic rings. The Hall–Kier alpha value is -2.70. The first-order valence-corrected chi connectivity index (χ1v) is 11.1. The molecule has 0 unspecified atom stereocenters. The van der Waals surface area contributed by atoms with Crippen LogP contribution in [-0.4, -0.2) is 24.2 Å². The molecule has 9 heteroatoms. The number of nitriles is 1. The van der Waals surface area contributed by atoms with Crippen LogP contribution in [0.4, 0.5) is 5.69 Å². The lowest BCUT2D eigenvalue weighted by Crippen LogP contribution is -2.34. The lowest BCUT2D eigenvalue weighted by molar-refractivity contribution is -0.111. The lowest BCUT2D eigenvalue weighted by Gasteiger charge is -2.07. The van der Waals surface area contributed by atoms with Gasteiger partial charge in [0.2, 0.25) is 0 Å². The largest absolute Gasteiger partial charge is 0.385 e. The van der Waals surface area contributed by atoms with Gasteiger partial charge in [-0.15, -0.1) is 22.7 Å². The first-order chi connectivity index (χ1) is 14.5. The van der Waals surface area contributed by atoms with Gasteiger partial charge in [0.25, 0.3) is 11.5 Å². The zero-order chi connectivity index (χ0) is 21.5. The predicted octanol–water partition coefficient (Wildman–Crippen LogP) is 2.80. The number of nitrogens with one attached hydrogen (secondary N) is 1. The molecule has 0 atom stereocenters. The van der Waals surface area contributed by atoms with Crippen LogP contribution < -0.4 is 20.1 Å². The van der Waals surface area contributed by atoms with Crippen LogP contribution in [0.25, 0.3) is 11.6 Å². The monoisotopic (exact) mass is 459 g/mol. The van der Waals surface area contributed by atoms with Gasteiger partial charge in [0.1, 0.15) is 10.7 Å². The van der Waals surface area contributed by atoms with Gasteiger partial charge in [0.15, 0.2) is 5.57 Å². The quantitative estimate of drug-likeness (QED) is 0.550. The third-order valence-corrected chi connectivity index (χ3v) is 6.41. The van der Waals surface area contributed by atoms with E-state index in [2.05, 4.69) is 5.32 Å². The van der Waals surface area contributed by atoms with Crippen molar-refractivity contribution in [1.82, 2.24) is 4.57 Å². The molecule has 0 aliphatic carbocycles. The molecule has 1 aromatic carbocycles. The third kappa shape index (κ3) is 5.07. The number of hydrogen-bond acceptors (Lipinski definition) is 6. The molecule has 1 amide bonds. The van der Waals surface area contributed by atoms with Crippen molar-refractivity contribution < 1.29 is 9.53 Å². The van der Waals surface area contributed by atoms with Crippen molar-refractivity contribution in [3.05, 3.63) is 71.2 Å². The number of aromatic nitrogens is 1. The number of benzene rings is 1. The highest BCUT2D eigenvalue weighted by molar-refractivity contribution is 7.11. The SMILES string of the molecule is COCCCn1c(=C(C#N)C(=O)Nc2ccccc2Cl)sc(=Cc2cccs2)c1=O. The minimum Gasteiger partial charge on any atom is -0.385 e. The number of para-hydroxylation sites is 1. The lowest BCUT2D eigenvalue weighted by atomic mass is 10.2. The molecule has 6 nitrogen and oxygen atoms in total.